The number of carbonyl (C=O) groups excluding carboxylic acids is 1. The predicted octanol–water partition coefficient (Wildman–Crippen LogP) is 3.10. The van der Waals surface area contributed by atoms with Gasteiger partial charge in [0.15, 0.2) is 5.96 Å². The average Bonchev–Trinajstić information content (AvgIpc) is 2.49. The molecular weight excluding hydrogens is 278 g/mol. The molecule has 2 N–H and O–H groups in total. The summed E-state index contributed by atoms with van der Waals surface area (Å²) in [4.78, 5) is 15.5. The molecule has 5 nitrogen and oxygen atoms in total. The van der Waals surface area contributed by atoms with E-state index >= 15 is 0 Å². The number of ether oxygens (including phenoxy) is 1. The Morgan fingerprint density at radius 3 is 2.50 bits per heavy atom. The molecule has 0 aromatic rings. The molecule has 0 unspecified atom stereocenters. The Morgan fingerprint density at radius 1 is 1.09 bits per heavy atom. The Bertz CT molecular complexity index is 304. The first-order chi connectivity index (χ1) is 10.6. The molecule has 0 aromatic heterocycles. The molecular formula is C17H35N3O2. The summed E-state index contributed by atoms with van der Waals surface area (Å²) < 4.78 is 4.62. The Labute approximate surface area is 136 Å². The van der Waals surface area contributed by atoms with Crippen molar-refractivity contribution in [1.82, 2.24) is 10.6 Å². The third-order valence-electron chi connectivity index (χ3n) is 3.38. The molecule has 0 saturated heterocycles. The van der Waals surface area contributed by atoms with Crippen LogP contribution in [0.1, 0.15) is 65.7 Å². The highest BCUT2D eigenvalue weighted by molar-refractivity contribution is 5.79. The minimum Gasteiger partial charge on any atom is -0.469 e. The summed E-state index contributed by atoms with van der Waals surface area (Å²) >= 11 is 0. The largest absolute Gasteiger partial charge is 0.469 e. The molecule has 5 heteroatoms. The van der Waals surface area contributed by atoms with Crippen molar-refractivity contribution in [3.8, 4) is 0 Å². The summed E-state index contributed by atoms with van der Waals surface area (Å²) in [6, 6.07) is 0. The zero-order valence-corrected chi connectivity index (χ0v) is 14.9. The minimum absolute atomic E-state index is 0.125. The van der Waals surface area contributed by atoms with Gasteiger partial charge in [0.25, 0.3) is 0 Å². The van der Waals surface area contributed by atoms with Crippen LogP contribution < -0.4 is 10.6 Å². The van der Waals surface area contributed by atoms with E-state index in [2.05, 4.69) is 41.1 Å². The summed E-state index contributed by atoms with van der Waals surface area (Å²) in [5.41, 5.74) is 0. The summed E-state index contributed by atoms with van der Waals surface area (Å²) in [6.45, 7) is 9.24. The number of hydrogen-bond donors (Lipinski definition) is 2. The molecule has 0 rings (SSSR count). The van der Waals surface area contributed by atoms with Gasteiger partial charge in [-0.2, -0.15) is 0 Å². The second-order valence-corrected chi connectivity index (χ2v) is 5.96. The normalized spacial score (nSPS) is 11.6. The van der Waals surface area contributed by atoms with Gasteiger partial charge in [-0.1, -0.05) is 33.1 Å². The van der Waals surface area contributed by atoms with Crippen LogP contribution in [0.5, 0.6) is 0 Å². The fraction of sp³-hybridized carbons (Fsp3) is 0.882. The van der Waals surface area contributed by atoms with E-state index in [4.69, 9.17) is 0 Å². The van der Waals surface area contributed by atoms with E-state index in [0.717, 1.165) is 50.8 Å². The van der Waals surface area contributed by atoms with Crippen LogP contribution in [0.2, 0.25) is 0 Å². The van der Waals surface area contributed by atoms with Crippen LogP contribution in [0.25, 0.3) is 0 Å². The quantitative estimate of drug-likeness (QED) is 0.251. The SMILES string of the molecule is CCNC(=NCCCCCC(=O)OC)NCCCCC(C)C. The van der Waals surface area contributed by atoms with Crippen molar-refractivity contribution >= 4 is 11.9 Å². The summed E-state index contributed by atoms with van der Waals surface area (Å²) in [7, 11) is 1.43. The first kappa shape index (κ1) is 20.7. The molecule has 0 radical (unpaired) electrons. The van der Waals surface area contributed by atoms with Gasteiger partial charge >= 0.3 is 5.97 Å². The molecule has 0 aromatic carbocycles. The lowest BCUT2D eigenvalue weighted by Gasteiger charge is -2.11. The Kier molecular flexibility index (Phi) is 13.8. The summed E-state index contributed by atoms with van der Waals surface area (Å²) in [5, 5.41) is 6.64. The highest BCUT2D eigenvalue weighted by Gasteiger charge is 2.00. The third kappa shape index (κ3) is 13.7. The fourth-order valence-corrected chi connectivity index (χ4v) is 2.08. The van der Waals surface area contributed by atoms with E-state index in [1.807, 2.05) is 0 Å². The molecule has 0 aliphatic rings. The first-order valence-electron chi connectivity index (χ1n) is 8.69. The van der Waals surface area contributed by atoms with Crippen LogP contribution in [0.4, 0.5) is 0 Å². The number of guanidine groups is 1. The average molecular weight is 313 g/mol. The van der Waals surface area contributed by atoms with Gasteiger partial charge in [-0.3, -0.25) is 9.79 Å². The van der Waals surface area contributed by atoms with Gasteiger partial charge in [-0.15, -0.1) is 0 Å². The van der Waals surface area contributed by atoms with Gasteiger partial charge in [-0.05, 0) is 32.1 Å². The van der Waals surface area contributed by atoms with Crippen molar-refractivity contribution in [3.63, 3.8) is 0 Å². The lowest BCUT2D eigenvalue weighted by molar-refractivity contribution is -0.140. The minimum atomic E-state index is -0.125. The molecule has 0 aliphatic heterocycles. The Hall–Kier alpha value is -1.26. The van der Waals surface area contributed by atoms with Crippen molar-refractivity contribution in [2.75, 3.05) is 26.7 Å². The van der Waals surface area contributed by atoms with Crippen molar-refractivity contribution in [3.05, 3.63) is 0 Å². The molecule has 22 heavy (non-hydrogen) atoms. The van der Waals surface area contributed by atoms with Gasteiger partial charge in [0.2, 0.25) is 0 Å². The molecule has 0 spiro atoms. The number of nitrogens with zero attached hydrogens (tertiary/aromatic N) is 1. The topological polar surface area (TPSA) is 62.7 Å². The second kappa shape index (κ2) is 14.7. The van der Waals surface area contributed by atoms with Gasteiger partial charge < -0.3 is 15.4 Å². The number of hydrogen-bond acceptors (Lipinski definition) is 3. The van der Waals surface area contributed by atoms with Crippen molar-refractivity contribution in [2.45, 2.75) is 65.7 Å². The molecule has 0 bridgehead atoms. The number of unbranched alkanes of at least 4 members (excludes halogenated alkanes) is 3. The monoisotopic (exact) mass is 313 g/mol. The number of methoxy groups -OCH3 is 1. The first-order valence-corrected chi connectivity index (χ1v) is 8.69. The number of carbonyl (C=O) groups is 1. The summed E-state index contributed by atoms with van der Waals surface area (Å²) in [6.07, 6.45) is 7.12. The third-order valence-corrected chi connectivity index (χ3v) is 3.38. The maximum atomic E-state index is 11.0. The van der Waals surface area contributed by atoms with E-state index in [9.17, 15) is 4.79 Å². The van der Waals surface area contributed by atoms with Crippen molar-refractivity contribution in [2.24, 2.45) is 10.9 Å². The van der Waals surface area contributed by atoms with Crippen molar-refractivity contribution < 1.29 is 9.53 Å². The summed E-state index contributed by atoms with van der Waals surface area (Å²) in [5.74, 6) is 1.56. The van der Waals surface area contributed by atoms with E-state index in [0.29, 0.717) is 6.42 Å². The number of esters is 1. The van der Waals surface area contributed by atoms with E-state index in [1.165, 1.54) is 26.4 Å². The molecule has 0 atom stereocenters. The standard InChI is InChI=1S/C17H35N3O2/c1-5-18-17(20-14-10-8-11-15(2)3)19-13-9-6-7-12-16(21)22-4/h15H,5-14H2,1-4H3,(H2,18,19,20). The molecule has 0 amide bonds. The van der Waals surface area contributed by atoms with Crippen molar-refractivity contribution in [1.29, 1.82) is 0 Å². The molecule has 130 valence electrons. The van der Waals surface area contributed by atoms with E-state index in [-0.39, 0.29) is 5.97 Å². The van der Waals surface area contributed by atoms with E-state index in [1.54, 1.807) is 0 Å². The lowest BCUT2D eigenvalue weighted by atomic mass is 10.1. The zero-order valence-electron chi connectivity index (χ0n) is 14.9. The number of aliphatic imine (C=N–C) groups is 1. The van der Waals surface area contributed by atoms with Gasteiger partial charge in [0.05, 0.1) is 7.11 Å². The predicted molar refractivity (Wildman–Crippen MR) is 93.2 cm³/mol. The Morgan fingerprint density at radius 2 is 1.86 bits per heavy atom. The highest BCUT2D eigenvalue weighted by atomic mass is 16.5. The van der Waals surface area contributed by atoms with Gasteiger partial charge in [0, 0.05) is 26.1 Å². The molecule has 0 heterocycles. The fourth-order valence-electron chi connectivity index (χ4n) is 2.08. The van der Waals surface area contributed by atoms with Crippen LogP contribution in [0.15, 0.2) is 4.99 Å². The van der Waals surface area contributed by atoms with Gasteiger partial charge in [0.1, 0.15) is 0 Å². The smallest absolute Gasteiger partial charge is 0.305 e. The van der Waals surface area contributed by atoms with E-state index < -0.39 is 0 Å². The second-order valence-electron chi connectivity index (χ2n) is 5.96. The van der Waals surface area contributed by atoms with Crippen LogP contribution in [0, 0.1) is 5.92 Å². The maximum absolute atomic E-state index is 11.0. The van der Waals surface area contributed by atoms with Crippen LogP contribution in [-0.2, 0) is 9.53 Å². The number of rotatable bonds is 12. The van der Waals surface area contributed by atoms with Crippen LogP contribution in [0.3, 0.4) is 0 Å². The number of nitrogens with one attached hydrogen (secondary N) is 2. The Balaban J connectivity index is 3.74. The zero-order chi connectivity index (χ0) is 16.6. The van der Waals surface area contributed by atoms with Crippen LogP contribution >= 0.6 is 0 Å². The lowest BCUT2D eigenvalue weighted by Crippen LogP contribution is -2.37. The van der Waals surface area contributed by atoms with Gasteiger partial charge in [-0.25, -0.2) is 0 Å². The molecule has 0 fully saturated rings. The maximum Gasteiger partial charge on any atom is 0.305 e. The highest BCUT2D eigenvalue weighted by Crippen LogP contribution is 2.05. The molecule has 0 saturated carbocycles. The molecule has 0 aliphatic carbocycles. The van der Waals surface area contributed by atoms with Crippen LogP contribution in [-0.4, -0.2) is 38.7 Å².